The molecule has 0 fully saturated rings. The van der Waals surface area contributed by atoms with E-state index in [0.717, 1.165) is 22.4 Å². The number of nitrogens with zero attached hydrogens (tertiary/aromatic N) is 1. The molecule has 0 radical (unpaired) electrons. The van der Waals surface area contributed by atoms with Gasteiger partial charge < -0.3 is 4.74 Å². The van der Waals surface area contributed by atoms with Crippen LogP contribution in [0.25, 0.3) is 32.8 Å². The number of aromatic nitrogens is 1. The van der Waals surface area contributed by atoms with Crippen LogP contribution in [0.2, 0.25) is 0 Å². The fourth-order valence-corrected chi connectivity index (χ4v) is 4.18. The van der Waals surface area contributed by atoms with Crippen LogP contribution in [0.5, 0.6) is 5.75 Å². The van der Waals surface area contributed by atoms with Crippen LogP contribution in [-0.4, -0.2) is 12.1 Å². The molecule has 2 nitrogen and oxygen atoms in total. The van der Waals surface area contributed by atoms with Crippen LogP contribution in [-0.2, 0) is 10.8 Å². The summed E-state index contributed by atoms with van der Waals surface area (Å²) < 4.78 is 6.07. The molecule has 3 aromatic carbocycles. The summed E-state index contributed by atoms with van der Waals surface area (Å²) in [6.07, 6.45) is 1.90. The molecule has 154 valence electrons. The highest BCUT2D eigenvalue weighted by atomic mass is 16.5. The normalized spacial score (nSPS) is 12.5. The first-order valence-corrected chi connectivity index (χ1v) is 10.6. The van der Waals surface area contributed by atoms with Crippen molar-refractivity contribution in [3.8, 4) is 17.0 Å². The molecule has 0 unspecified atom stereocenters. The van der Waals surface area contributed by atoms with Gasteiger partial charge in [0.2, 0.25) is 0 Å². The Hall–Kier alpha value is -2.87. The highest BCUT2D eigenvalue weighted by Gasteiger charge is 2.26. The van der Waals surface area contributed by atoms with E-state index in [0.29, 0.717) is 0 Å². The van der Waals surface area contributed by atoms with Gasteiger partial charge in [0.25, 0.3) is 0 Å². The zero-order valence-electron chi connectivity index (χ0n) is 19.1. The van der Waals surface area contributed by atoms with E-state index in [9.17, 15) is 0 Å². The summed E-state index contributed by atoms with van der Waals surface area (Å²) in [5.41, 5.74) is 4.62. The molecule has 0 atom stereocenters. The lowest BCUT2D eigenvalue weighted by atomic mass is 9.80. The average molecular weight is 398 g/mol. The second-order valence-corrected chi connectivity index (χ2v) is 10.1. The molecule has 0 amide bonds. The Morgan fingerprint density at radius 2 is 1.47 bits per heavy atom. The zero-order valence-corrected chi connectivity index (χ0v) is 19.1. The molecule has 1 aromatic heterocycles. The summed E-state index contributed by atoms with van der Waals surface area (Å²) in [5.74, 6) is 0.919. The molecule has 0 bridgehead atoms. The standard InChI is InChI=1S/C28H31NO/c1-27(2,3)20-12-13-21-19(16-20)17-23(28(4,5)6)26(30-7)24(21)25-22-11-9-8-10-18(22)14-15-29-25/h8-17H,1-7H3. The van der Waals surface area contributed by atoms with Crippen molar-refractivity contribution in [1.82, 2.24) is 4.98 Å². The quantitative estimate of drug-likeness (QED) is 0.346. The maximum Gasteiger partial charge on any atom is 0.132 e. The molecule has 0 aliphatic rings. The van der Waals surface area contributed by atoms with E-state index in [1.54, 1.807) is 7.11 Å². The first kappa shape index (κ1) is 20.4. The molecule has 0 spiro atoms. The molecule has 30 heavy (non-hydrogen) atoms. The largest absolute Gasteiger partial charge is 0.496 e. The van der Waals surface area contributed by atoms with Gasteiger partial charge in [0.1, 0.15) is 5.75 Å². The van der Waals surface area contributed by atoms with Crippen molar-refractivity contribution in [3.05, 3.63) is 71.9 Å². The van der Waals surface area contributed by atoms with Crippen molar-refractivity contribution in [2.24, 2.45) is 0 Å². The molecule has 0 aliphatic carbocycles. The van der Waals surface area contributed by atoms with Gasteiger partial charge in [0.05, 0.1) is 18.4 Å². The van der Waals surface area contributed by atoms with Crippen LogP contribution in [0.3, 0.4) is 0 Å². The minimum atomic E-state index is -0.0589. The van der Waals surface area contributed by atoms with Gasteiger partial charge in [-0.2, -0.15) is 0 Å². The van der Waals surface area contributed by atoms with Crippen molar-refractivity contribution >= 4 is 21.5 Å². The van der Waals surface area contributed by atoms with Crippen molar-refractivity contribution < 1.29 is 4.74 Å². The second kappa shape index (κ2) is 7.12. The summed E-state index contributed by atoms with van der Waals surface area (Å²) in [6, 6.07) is 19.6. The minimum absolute atomic E-state index is 0.0589. The molecular weight excluding hydrogens is 366 g/mol. The number of hydrogen-bond acceptors (Lipinski definition) is 2. The number of rotatable bonds is 2. The predicted octanol–water partition coefficient (Wildman–Crippen LogP) is 7.66. The fraction of sp³-hybridized carbons (Fsp3) is 0.321. The number of ether oxygens (including phenoxy) is 1. The third kappa shape index (κ3) is 3.45. The molecular formula is C28H31NO. The molecule has 4 aromatic rings. The van der Waals surface area contributed by atoms with Gasteiger partial charge in [0.15, 0.2) is 0 Å². The molecule has 0 aliphatic heterocycles. The van der Waals surface area contributed by atoms with Gasteiger partial charge in [-0.25, -0.2) is 0 Å². The first-order chi connectivity index (χ1) is 14.1. The van der Waals surface area contributed by atoms with Gasteiger partial charge >= 0.3 is 0 Å². The van der Waals surface area contributed by atoms with Crippen LogP contribution in [0.1, 0.15) is 52.7 Å². The second-order valence-electron chi connectivity index (χ2n) is 10.1. The smallest absolute Gasteiger partial charge is 0.132 e. The molecule has 2 heteroatoms. The van der Waals surface area contributed by atoms with Crippen LogP contribution in [0.4, 0.5) is 0 Å². The molecule has 1 heterocycles. The van der Waals surface area contributed by atoms with Crippen molar-refractivity contribution in [2.75, 3.05) is 7.11 Å². The SMILES string of the molecule is COc1c(C(C)(C)C)cc2cc(C(C)(C)C)ccc2c1-c1nccc2ccccc12. The van der Waals surface area contributed by atoms with Crippen molar-refractivity contribution in [2.45, 2.75) is 52.4 Å². The summed E-state index contributed by atoms with van der Waals surface area (Å²) in [7, 11) is 1.77. The number of fused-ring (bicyclic) bond motifs is 2. The summed E-state index contributed by atoms with van der Waals surface area (Å²) in [5, 5.41) is 4.74. The molecule has 0 saturated heterocycles. The number of benzene rings is 3. The fourth-order valence-electron chi connectivity index (χ4n) is 4.18. The number of pyridine rings is 1. The monoisotopic (exact) mass is 397 g/mol. The first-order valence-electron chi connectivity index (χ1n) is 10.6. The Kier molecular flexibility index (Phi) is 4.85. The number of methoxy groups -OCH3 is 1. The minimum Gasteiger partial charge on any atom is -0.496 e. The predicted molar refractivity (Wildman–Crippen MR) is 129 cm³/mol. The van der Waals surface area contributed by atoms with Gasteiger partial charge in [-0.1, -0.05) is 84.0 Å². The maximum absolute atomic E-state index is 6.07. The van der Waals surface area contributed by atoms with Crippen molar-refractivity contribution in [3.63, 3.8) is 0 Å². The zero-order chi connectivity index (χ0) is 21.7. The number of hydrogen-bond donors (Lipinski definition) is 0. The topological polar surface area (TPSA) is 22.1 Å². The third-order valence-corrected chi connectivity index (χ3v) is 5.88. The summed E-state index contributed by atoms with van der Waals surface area (Å²) in [4.78, 5) is 4.85. The van der Waals surface area contributed by atoms with Gasteiger partial charge in [0, 0.05) is 17.1 Å². The lowest BCUT2D eigenvalue weighted by Gasteiger charge is -2.27. The highest BCUT2D eigenvalue weighted by molar-refractivity contribution is 6.07. The molecule has 0 N–H and O–H groups in total. The summed E-state index contributed by atoms with van der Waals surface area (Å²) >= 11 is 0. The van der Waals surface area contributed by atoms with Crippen LogP contribution in [0, 0.1) is 0 Å². The van der Waals surface area contributed by atoms with Crippen LogP contribution < -0.4 is 4.74 Å². The van der Waals surface area contributed by atoms with E-state index in [1.807, 2.05) is 6.20 Å². The average Bonchev–Trinajstić information content (AvgIpc) is 2.70. The van der Waals surface area contributed by atoms with Gasteiger partial charge in [-0.05, 0) is 44.7 Å². The van der Waals surface area contributed by atoms with E-state index < -0.39 is 0 Å². The van der Waals surface area contributed by atoms with E-state index >= 15 is 0 Å². The van der Waals surface area contributed by atoms with Crippen molar-refractivity contribution in [1.29, 1.82) is 0 Å². The van der Waals surface area contributed by atoms with Gasteiger partial charge in [-0.15, -0.1) is 0 Å². The van der Waals surface area contributed by atoms with Gasteiger partial charge in [-0.3, -0.25) is 4.98 Å². The van der Waals surface area contributed by atoms with E-state index in [2.05, 4.69) is 96.1 Å². The lowest BCUT2D eigenvalue weighted by molar-refractivity contribution is 0.400. The molecule has 4 rings (SSSR count). The Morgan fingerprint density at radius 1 is 0.733 bits per heavy atom. The Morgan fingerprint density at radius 3 is 2.13 bits per heavy atom. The lowest BCUT2D eigenvalue weighted by Crippen LogP contribution is -2.14. The van der Waals surface area contributed by atoms with E-state index in [1.165, 1.54) is 27.3 Å². The van der Waals surface area contributed by atoms with Crippen LogP contribution >= 0.6 is 0 Å². The Labute approximate surface area is 179 Å². The summed E-state index contributed by atoms with van der Waals surface area (Å²) in [6.45, 7) is 13.5. The Balaban J connectivity index is 2.18. The van der Waals surface area contributed by atoms with E-state index in [-0.39, 0.29) is 10.8 Å². The van der Waals surface area contributed by atoms with E-state index in [4.69, 9.17) is 9.72 Å². The maximum atomic E-state index is 6.07. The third-order valence-electron chi connectivity index (χ3n) is 5.88. The molecule has 0 saturated carbocycles. The highest BCUT2D eigenvalue weighted by Crippen LogP contribution is 2.46. The Bertz CT molecular complexity index is 1230. The van der Waals surface area contributed by atoms with Crippen LogP contribution in [0.15, 0.2) is 60.8 Å².